The molecule has 1 heterocycles. The Hall–Kier alpha value is -0.0151. The smallest absolute Gasteiger partial charge is 0.403 e. The molecule has 0 spiro atoms. The monoisotopic (exact) mass is 170 g/mol. The van der Waals surface area contributed by atoms with Crippen LogP contribution >= 0.6 is 0 Å². The Morgan fingerprint density at radius 1 is 0.917 bits per heavy atom. The van der Waals surface area contributed by atoms with E-state index in [0.29, 0.717) is 5.82 Å². The topological polar surface area (TPSA) is 18.5 Å². The van der Waals surface area contributed by atoms with E-state index in [2.05, 4.69) is 41.5 Å². The molecule has 0 aromatic heterocycles. The number of rotatable bonds is 1. The molecule has 0 bridgehead atoms. The van der Waals surface area contributed by atoms with Crippen LogP contribution in [0.3, 0.4) is 0 Å². The second kappa shape index (κ2) is 2.74. The highest BCUT2D eigenvalue weighted by molar-refractivity contribution is 6.47. The molecule has 1 rings (SSSR count). The minimum atomic E-state index is -0.179. The standard InChI is InChI=1S/C9H19BO2/c1-7(2)10-11-8(3,4)9(5,6)12-10/h7H,1-6H3. The van der Waals surface area contributed by atoms with Crippen LogP contribution in [-0.2, 0) is 9.31 Å². The van der Waals surface area contributed by atoms with Crippen molar-refractivity contribution in [2.75, 3.05) is 0 Å². The maximum absolute atomic E-state index is 5.80. The summed E-state index contributed by atoms with van der Waals surface area (Å²) in [6.45, 7) is 12.5. The van der Waals surface area contributed by atoms with Crippen molar-refractivity contribution in [3.05, 3.63) is 0 Å². The van der Waals surface area contributed by atoms with Crippen LogP contribution in [0.15, 0.2) is 0 Å². The number of hydrogen-bond donors (Lipinski definition) is 0. The van der Waals surface area contributed by atoms with Gasteiger partial charge in [0.15, 0.2) is 0 Å². The average Bonchev–Trinajstić information content (AvgIpc) is 2.03. The molecule has 0 aromatic carbocycles. The first-order chi connectivity index (χ1) is 5.26. The minimum Gasteiger partial charge on any atom is -0.403 e. The Labute approximate surface area is 75.8 Å². The fourth-order valence-electron chi connectivity index (χ4n) is 1.16. The molecule has 1 fully saturated rings. The van der Waals surface area contributed by atoms with Gasteiger partial charge in [-0.3, -0.25) is 0 Å². The van der Waals surface area contributed by atoms with E-state index < -0.39 is 0 Å². The summed E-state index contributed by atoms with van der Waals surface area (Å²) in [6, 6.07) is 0. The summed E-state index contributed by atoms with van der Waals surface area (Å²) in [5, 5.41) is 0. The third-order valence-corrected chi connectivity index (χ3v) is 2.82. The first-order valence-corrected chi connectivity index (χ1v) is 4.62. The molecule has 0 amide bonds. The summed E-state index contributed by atoms with van der Waals surface area (Å²) < 4.78 is 11.6. The molecule has 1 saturated heterocycles. The van der Waals surface area contributed by atoms with Gasteiger partial charge in [-0.05, 0) is 33.5 Å². The summed E-state index contributed by atoms with van der Waals surface area (Å²) >= 11 is 0. The van der Waals surface area contributed by atoms with Crippen LogP contribution in [-0.4, -0.2) is 18.3 Å². The van der Waals surface area contributed by atoms with Crippen molar-refractivity contribution in [1.29, 1.82) is 0 Å². The van der Waals surface area contributed by atoms with Crippen molar-refractivity contribution < 1.29 is 9.31 Å². The Kier molecular flexibility index (Phi) is 2.30. The van der Waals surface area contributed by atoms with Gasteiger partial charge in [0.05, 0.1) is 11.2 Å². The largest absolute Gasteiger partial charge is 0.460 e. The summed E-state index contributed by atoms with van der Waals surface area (Å²) in [7, 11) is -0.0463. The first-order valence-electron chi connectivity index (χ1n) is 4.62. The zero-order valence-corrected chi connectivity index (χ0v) is 8.97. The Morgan fingerprint density at radius 3 is 1.42 bits per heavy atom. The lowest BCUT2D eigenvalue weighted by Gasteiger charge is -2.32. The maximum Gasteiger partial charge on any atom is 0.460 e. The van der Waals surface area contributed by atoms with Gasteiger partial charge >= 0.3 is 7.12 Å². The summed E-state index contributed by atoms with van der Waals surface area (Å²) in [6.07, 6.45) is 0. The normalized spacial score (nSPS) is 26.8. The Morgan fingerprint density at radius 2 is 1.25 bits per heavy atom. The van der Waals surface area contributed by atoms with Gasteiger partial charge in [-0.2, -0.15) is 0 Å². The number of hydrogen-bond acceptors (Lipinski definition) is 2. The van der Waals surface area contributed by atoms with E-state index in [9.17, 15) is 0 Å². The highest BCUT2D eigenvalue weighted by atomic mass is 16.7. The lowest BCUT2D eigenvalue weighted by atomic mass is 9.75. The molecule has 0 N–H and O–H groups in total. The molecule has 0 aliphatic carbocycles. The molecule has 0 unspecified atom stereocenters. The van der Waals surface area contributed by atoms with Crippen LogP contribution in [0.4, 0.5) is 0 Å². The van der Waals surface area contributed by atoms with Gasteiger partial charge in [-0.25, -0.2) is 0 Å². The average molecular weight is 170 g/mol. The highest BCUT2D eigenvalue weighted by Gasteiger charge is 2.51. The first kappa shape index (κ1) is 10.1. The maximum atomic E-state index is 5.80. The van der Waals surface area contributed by atoms with Crippen molar-refractivity contribution in [3.63, 3.8) is 0 Å². The van der Waals surface area contributed by atoms with Gasteiger partial charge in [-0.15, -0.1) is 0 Å². The fourth-order valence-corrected chi connectivity index (χ4v) is 1.16. The summed E-state index contributed by atoms with van der Waals surface area (Å²) in [5.41, 5.74) is -0.357. The second-order valence-electron chi connectivity index (χ2n) is 4.87. The zero-order valence-electron chi connectivity index (χ0n) is 8.97. The molecule has 12 heavy (non-hydrogen) atoms. The molecular formula is C9H19BO2. The second-order valence-corrected chi connectivity index (χ2v) is 4.87. The van der Waals surface area contributed by atoms with Crippen LogP contribution in [0.1, 0.15) is 41.5 Å². The summed E-state index contributed by atoms with van der Waals surface area (Å²) in [5.74, 6) is 0.422. The van der Waals surface area contributed by atoms with E-state index in [-0.39, 0.29) is 18.3 Å². The molecule has 3 heteroatoms. The quantitative estimate of drug-likeness (QED) is 0.563. The van der Waals surface area contributed by atoms with Crippen LogP contribution in [0.5, 0.6) is 0 Å². The van der Waals surface area contributed by atoms with Gasteiger partial charge < -0.3 is 9.31 Å². The third-order valence-electron chi connectivity index (χ3n) is 2.82. The van der Waals surface area contributed by atoms with Crippen molar-refractivity contribution >= 4 is 7.12 Å². The Balaban J connectivity index is 2.74. The van der Waals surface area contributed by atoms with E-state index in [1.807, 2.05) is 0 Å². The zero-order chi connectivity index (χ0) is 9.57. The lowest BCUT2D eigenvalue weighted by molar-refractivity contribution is 0.00578. The van der Waals surface area contributed by atoms with Gasteiger partial charge in [0.2, 0.25) is 0 Å². The predicted molar refractivity (Wildman–Crippen MR) is 51.2 cm³/mol. The van der Waals surface area contributed by atoms with Crippen LogP contribution in [0, 0.1) is 0 Å². The lowest BCUT2D eigenvalue weighted by Crippen LogP contribution is -2.41. The molecule has 0 radical (unpaired) electrons. The highest BCUT2D eigenvalue weighted by Crippen LogP contribution is 2.39. The molecule has 70 valence electrons. The molecule has 1 aliphatic heterocycles. The molecule has 2 nitrogen and oxygen atoms in total. The van der Waals surface area contributed by atoms with Crippen molar-refractivity contribution in [2.45, 2.75) is 58.6 Å². The molecular weight excluding hydrogens is 151 g/mol. The molecule has 0 saturated carbocycles. The minimum absolute atomic E-state index is 0.0463. The van der Waals surface area contributed by atoms with Gasteiger partial charge in [0.25, 0.3) is 0 Å². The van der Waals surface area contributed by atoms with E-state index in [4.69, 9.17) is 9.31 Å². The van der Waals surface area contributed by atoms with Crippen molar-refractivity contribution in [1.82, 2.24) is 0 Å². The van der Waals surface area contributed by atoms with Gasteiger partial charge in [-0.1, -0.05) is 13.8 Å². The molecule has 0 aromatic rings. The molecule has 1 aliphatic rings. The van der Waals surface area contributed by atoms with Gasteiger partial charge in [0, 0.05) is 0 Å². The van der Waals surface area contributed by atoms with E-state index >= 15 is 0 Å². The van der Waals surface area contributed by atoms with E-state index in [1.54, 1.807) is 0 Å². The van der Waals surface area contributed by atoms with E-state index in [1.165, 1.54) is 0 Å². The molecule has 0 atom stereocenters. The fraction of sp³-hybridized carbons (Fsp3) is 1.00. The predicted octanol–water partition coefficient (Wildman–Crippen LogP) is 2.49. The van der Waals surface area contributed by atoms with Crippen LogP contribution < -0.4 is 0 Å². The van der Waals surface area contributed by atoms with Crippen molar-refractivity contribution in [3.8, 4) is 0 Å². The Bertz CT molecular complexity index is 159. The summed E-state index contributed by atoms with van der Waals surface area (Å²) in [4.78, 5) is 0. The van der Waals surface area contributed by atoms with Crippen molar-refractivity contribution in [2.24, 2.45) is 0 Å². The third kappa shape index (κ3) is 1.53. The van der Waals surface area contributed by atoms with Crippen LogP contribution in [0.25, 0.3) is 0 Å². The van der Waals surface area contributed by atoms with Crippen LogP contribution in [0.2, 0.25) is 5.82 Å². The van der Waals surface area contributed by atoms with E-state index in [0.717, 1.165) is 0 Å². The SMILES string of the molecule is CC(C)B1OC(C)(C)C(C)(C)O1. The van der Waals surface area contributed by atoms with Gasteiger partial charge in [0.1, 0.15) is 0 Å².